The van der Waals surface area contributed by atoms with Gasteiger partial charge in [0, 0.05) is 27.6 Å². The van der Waals surface area contributed by atoms with Crippen LogP contribution in [0.15, 0.2) is 60.0 Å². The highest BCUT2D eigenvalue weighted by Gasteiger charge is 2.14. The van der Waals surface area contributed by atoms with E-state index in [1.807, 2.05) is 47.8 Å². The van der Waals surface area contributed by atoms with Crippen molar-refractivity contribution in [3.8, 4) is 27.6 Å². The number of carbonyl (C=O) groups excluding carboxylic acids is 1. The van der Waals surface area contributed by atoms with Gasteiger partial charge in [0.25, 0.3) is 0 Å². The third-order valence-corrected chi connectivity index (χ3v) is 5.14. The topological polar surface area (TPSA) is 59.8 Å². The zero-order valence-corrected chi connectivity index (χ0v) is 16.0. The first kappa shape index (κ1) is 17.5. The first-order valence-electron chi connectivity index (χ1n) is 8.23. The van der Waals surface area contributed by atoms with E-state index in [-0.39, 0.29) is 0 Å². The van der Waals surface area contributed by atoms with Crippen LogP contribution in [-0.4, -0.2) is 21.2 Å². The van der Waals surface area contributed by atoms with E-state index in [0.29, 0.717) is 22.4 Å². The molecule has 4 aromatic rings. The molecule has 27 heavy (non-hydrogen) atoms. The molecule has 0 radical (unpaired) electrons. The summed E-state index contributed by atoms with van der Waals surface area (Å²) >= 11 is 7.42. The molecule has 0 saturated carbocycles. The van der Waals surface area contributed by atoms with Crippen LogP contribution >= 0.6 is 22.9 Å². The van der Waals surface area contributed by atoms with Crippen LogP contribution in [0.4, 0.5) is 5.82 Å². The summed E-state index contributed by atoms with van der Waals surface area (Å²) in [6, 6.07) is 17.4. The number of thiazole rings is 1. The third-order valence-electron chi connectivity index (χ3n) is 4.08. The largest absolute Gasteiger partial charge is 0.313 e. The molecule has 1 N–H and O–H groups in total. The van der Waals surface area contributed by atoms with Gasteiger partial charge in [0.05, 0.1) is 11.4 Å². The number of anilines is 1. The third kappa shape index (κ3) is 3.63. The number of hydrogen-bond donors (Lipinski definition) is 1. The fourth-order valence-corrected chi connectivity index (χ4v) is 3.59. The number of aryl methyl sites for hydroxylation is 1. The van der Waals surface area contributed by atoms with Gasteiger partial charge in [0.15, 0.2) is 0 Å². The van der Waals surface area contributed by atoms with Gasteiger partial charge in [-0.1, -0.05) is 53.6 Å². The van der Waals surface area contributed by atoms with Crippen LogP contribution in [0.5, 0.6) is 0 Å². The Kier molecular flexibility index (Phi) is 4.75. The number of nitrogens with zero attached hydrogens (tertiary/aromatic N) is 3. The Morgan fingerprint density at radius 2 is 1.70 bits per heavy atom. The minimum absolute atomic E-state index is 0.555. The highest BCUT2D eigenvalue weighted by molar-refractivity contribution is 7.12. The van der Waals surface area contributed by atoms with Crippen molar-refractivity contribution in [2.45, 2.75) is 6.92 Å². The second-order valence-corrected chi connectivity index (χ2v) is 7.25. The molecular formula is C20H15ClN4OS. The van der Waals surface area contributed by atoms with Gasteiger partial charge in [-0.3, -0.25) is 4.79 Å². The van der Waals surface area contributed by atoms with Crippen LogP contribution in [0.25, 0.3) is 27.6 Å². The van der Waals surface area contributed by atoms with Crippen molar-refractivity contribution in [2.75, 3.05) is 5.32 Å². The summed E-state index contributed by atoms with van der Waals surface area (Å²) in [5.41, 5.74) is 4.74. The van der Waals surface area contributed by atoms with Crippen molar-refractivity contribution in [1.82, 2.24) is 14.8 Å². The van der Waals surface area contributed by atoms with Crippen LogP contribution < -0.4 is 5.32 Å². The lowest BCUT2D eigenvalue weighted by Gasteiger charge is -2.01. The number of carbonyl (C=O) groups is 1. The van der Waals surface area contributed by atoms with Crippen molar-refractivity contribution >= 4 is 35.2 Å². The molecule has 0 aliphatic heterocycles. The normalized spacial score (nSPS) is 10.7. The second-order valence-electron chi connectivity index (χ2n) is 5.98. The number of hydrogen-bond acceptors (Lipinski definition) is 4. The smallest absolute Gasteiger partial charge is 0.212 e. The van der Waals surface area contributed by atoms with Gasteiger partial charge in [0.1, 0.15) is 5.82 Å². The minimum Gasteiger partial charge on any atom is -0.313 e. The summed E-state index contributed by atoms with van der Waals surface area (Å²) in [5.74, 6) is 0.555. The number of benzene rings is 2. The Labute approximate surface area is 165 Å². The van der Waals surface area contributed by atoms with E-state index in [4.69, 9.17) is 11.6 Å². The quantitative estimate of drug-likeness (QED) is 0.473. The molecule has 0 saturated heterocycles. The van der Waals surface area contributed by atoms with Crippen molar-refractivity contribution in [2.24, 2.45) is 0 Å². The monoisotopic (exact) mass is 394 g/mol. The Balaban J connectivity index is 1.73. The molecule has 0 unspecified atom stereocenters. The highest BCUT2D eigenvalue weighted by atomic mass is 35.5. The molecule has 0 atom stereocenters. The van der Waals surface area contributed by atoms with Gasteiger partial charge in [0.2, 0.25) is 11.5 Å². The first-order valence-corrected chi connectivity index (χ1v) is 9.49. The summed E-state index contributed by atoms with van der Waals surface area (Å²) in [5, 5.41) is 10.6. The molecule has 134 valence electrons. The zero-order valence-electron chi connectivity index (χ0n) is 14.4. The van der Waals surface area contributed by atoms with Gasteiger partial charge in [-0.2, -0.15) is 9.78 Å². The van der Waals surface area contributed by atoms with Crippen LogP contribution in [0.1, 0.15) is 5.56 Å². The number of nitrogens with one attached hydrogen (secondary N) is 1. The van der Waals surface area contributed by atoms with Crippen LogP contribution in [0.3, 0.4) is 0 Å². The number of aromatic nitrogens is 3. The molecule has 0 spiro atoms. The summed E-state index contributed by atoms with van der Waals surface area (Å²) in [4.78, 5) is 15.7. The molecule has 0 fully saturated rings. The van der Waals surface area contributed by atoms with Crippen LogP contribution in [-0.2, 0) is 4.79 Å². The predicted octanol–water partition coefficient (Wildman–Crippen LogP) is 5.19. The predicted molar refractivity (Wildman–Crippen MR) is 110 cm³/mol. The van der Waals surface area contributed by atoms with Gasteiger partial charge in [-0.05, 0) is 19.1 Å². The molecule has 5 nitrogen and oxygen atoms in total. The fraction of sp³-hybridized carbons (Fsp3) is 0.0500. The average molecular weight is 395 g/mol. The van der Waals surface area contributed by atoms with E-state index in [1.54, 1.807) is 4.68 Å². The molecule has 0 aliphatic carbocycles. The standard InChI is InChI=1S/C20H15ClN4OS/c1-13-2-4-15(5-3-13)18-11-27-20(23-18)25-19(22-12-26)10-17(24-25)14-6-8-16(21)9-7-14/h2-12H,1H3,(H,22,26). The van der Waals surface area contributed by atoms with Crippen molar-refractivity contribution in [3.05, 3.63) is 70.6 Å². The van der Waals surface area contributed by atoms with E-state index in [0.717, 1.165) is 22.5 Å². The van der Waals surface area contributed by atoms with Crippen LogP contribution in [0, 0.1) is 6.92 Å². The Hall–Kier alpha value is -2.96. The van der Waals surface area contributed by atoms with E-state index >= 15 is 0 Å². The summed E-state index contributed by atoms with van der Waals surface area (Å²) in [6.45, 7) is 2.05. The van der Waals surface area contributed by atoms with Gasteiger partial charge >= 0.3 is 0 Å². The van der Waals surface area contributed by atoms with E-state index in [2.05, 4.69) is 34.5 Å². The summed E-state index contributed by atoms with van der Waals surface area (Å²) in [6.07, 6.45) is 0.633. The number of amides is 1. The average Bonchev–Trinajstić information content (AvgIpc) is 3.31. The summed E-state index contributed by atoms with van der Waals surface area (Å²) in [7, 11) is 0. The molecule has 4 rings (SSSR count). The SMILES string of the molecule is Cc1ccc(-c2csc(-n3nc(-c4ccc(Cl)cc4)cc3NC=O)n2)cc1. The molecule has 7 heteroatoms. The first-order chi connectivity index (χ1) is 13.1. The highest BCUT2D eigenvalue weighted by Crippen LogP contribution is 2.29. The van der Waals surface area contributed by atoms with Gasteiger partial charge in [-0.25, -0.2) is 4.98 Å². The van der Waals surface area contributed by atoms with Crippen molar-refractivity contribution in [1.29, 1.82) is 0 Å². The Morgan fingerprint density at radius 3 is 2.41 bits per heavy atom. The molecule has 1 amide bonds. The van der Waals surface area contributed by atoms with E-state index < -0.39 is 0 Å². The van der Waals surface area contributed by atoms with E-state index in [9.17, 15) is 4.79 Å². The maximum atomic E-state index is 11.0. The molecule has 0 bridgehead atoms. The van der Waals surface area contributed by atoms with Gasteiger partial charge < -0.3 is 5.32 Å². The molecule has 2 aromatic heterocycles. The number of rotatable bonds is 5. The minimum atomic E-state index is 0.555. The van der Waals surface area contributed by atoms with Gasteiger partial charge in [-0.15, -0.1) is 11.3 Å². The zero-order chi connectivity index (χ0) is 18.8. The van der Waals surface area contributed by atoms with Crippen molar-refractivity contribution < 1.29 is 4.79 Å². The fourth-order valence-electron chi connectivity index (χ4n) is 2.67. The Morgan fingerprint density at radius 1 is 1.04 bits per heavy atom. The molecule has 0 aliphatic rings. The molecular weight excluding hydrogens is 380 g/mol. The molecule has 2 aromatic carbocycles. The number of halogens is 1. The maximum Gasteiger partial charge on any atom is 0.212 e. The van der Waals surface area contributed by atoms with E-state index in [1.165, 1.54) is 16.9 Å². The van der Waals surface area contributed by atoms with Crippen molar-refractivity contribution in [3.63, 3.8) is 0 Å². The maximum absolute atomic E-state index is 11.0. The lowest BCUT2D eigenvalue weighted by atomic mass is 10.1. The second kappa shape index (κ2) is 7.34. The molecule has 2 heterocycles. The summed E-state index contributed by atoms with van der Waals surface area (Å²) < 4.78 is 1.64. The lowest BCUT2D eigenvalue weighted by Crippen LogP contribution is -2.04. The Bertz CT molecular complexity index is 1080. The lowest BCUT2D eigenvalue weighted by molar-refractivity contribution is -0.105. The van der Waals surface area contributed by atoms with Crippen LogP contribution in [0.2, 0.25) is 5.02 Å².